The molecule has 144 valence electrons. The fraction of sp³-hybridized carbons (Fsp3) is 0.381. The minimum Gasteiger partial charge on any atom is -0.493 e. The van der Waals surface area contributed by atoms with Gasteiger partial charge in [0.15, 0.2) is 11.5 Å². The van der Waals surface area contributed by atoms with Gasteiger partial charge in [-0.15, -0.1) is 0 Å². The van der Waals surface area contributed by atoms with Gasteiger partial charge in [0.1, 0.15) is 19.0 Å². The van der Waals surface area contributed by atoms with E-state index in [1.165, 1.54) is 17.6 Å². The van der Waals surface area contributed by atoms with Gasteiger partial charge >= 0.3 is 5.97 Å². The summed E-state index contributed by atoms with van der Waals surface area (Å²) in [4.78, 5) is 13.4. The molecule has 0 bridgehead atoms. The van der Waals surface area contributed by atoms with Crippen LogP contribution in [-0.4, -0.2) is 33.8 Å². The molecule has 0 radical (unpaired) electrons. The average molecular weight is 391 g/mol. The summed E-state index contributed by atoms with van der Waals surface area (Å²) in [5.74, 6) is 1.16. The Bertz CT molecular complexity index is 824. The number of carbonyl (C=O) groups is 1. The molecule has 1 aliphatic heterocycles. The molecule has 0 amide bonds. The van der Waals surface area contributed by atoms with E-state index < -0.39 is 0 Å². The Morgan fingerprint density at radius 3 is 2.52 bits per heavy atom. The largest absolute Gasteiger partial charge is 0.493 e. The molecule has 1 aliphatic rings. The molecule has 5 nitrogen and oxygen atoms in total. The van der Waals surface area contributed by atoms with Crippen LogP contribution >= 0.6 is 11.6 Å². The minimum absolute atomic E-state index is 0.0303. The van der Waals surface area contributed by atoms with Gasteiger partial charge in [0, 0.05) is 22.6 Å². The van der Waals surface area contributed by atoms with Crippen molar-refractivity contribution in [2.24, 2.45) is 0 Å². The lowest BCUT2D eigenvalue weighted by Crippen LogP contribution is -3.12. The van der Waals surface area contributed by atoms with Crippen molar-refractivity contribution in [2.75, 3.05) is 27.9 Å². The molecule has 27 heavy (non-hydrogen) atoms. The normalized spacial score (nSPS) is 18.5. The molecule has 6 heteroatoms. The fourth-order valence-corrected chi connectivity index (χ4v) is 3.97. The second-order valence-electron chi connectivity index (χ2n) is 6.67. The first-order valence-corrected chi connectivity index (χ1v) is 9.34. The van der Waals surface area contributed by atoms with Gasteiger partial charge in [-0.05, 0) is 23.8 Å². The van der Waals surface area contributed by atoms with Crippen molar-refractivity contribution in [3.8, 4) is 11.5 Å². The van der Waals surface area contributed by atoms with E-state index in [0.717, 1.165) is 35.7 Å². The zero-order valence-electron chi connectivity index (χ0n) is 15.9. The van der Waals surface area contributed by atoms with Crippen LogP contribution < -0.4 is 14.4 Å². The summed E-state index contributed by atoms with van der Waals surface area (Å²) < 4.78 is 15.9. The highest BCUT2D eigenvalue weighted by Crippen LogP contribution is 2.35. The van der Waals surface area contributed by atoms with Crippen LogP contribution in [-0.2, 0) is 22.5 Å². The molecule has 0 aliphatic carbocycles. The van der Waals surface area contributed by atoms with Crippen molar-refractivity contribution in [3.63, 3.8) is 0 Å². The lowest BCUT2D eigenvalue weighted by Gasteiger charge is -2.34. The Hall–Kier alpha value is -2.24. The molecule has 2 aromatic rings. The quantitative estimate of drug-likeness (QED) is 0.770. The van der Waals surface area contributed by atoms with Gasteiger partial charge in [0.2, 0.25) is 0 Å². The molecule has 0 saturated heterocycles. The smallest absolute Gasteiger partial charge is 0.311 e. The van der Waals surface area contributed by atoms with Gasteiger partial charge in [-0.25, -0.2) is 0 Å². The molecule has 1 unspecified atom stereocenters. The molecule has 0 aromatic heterocycles. The molecule has 1 N–H and O–H groups in total. The summed E-state index contributed by atoms with van der Waals surface area (Å²) in [5, 5.41) is 0.750. The summed E-state index contributed by atoms with van der Waals surface area (Å²) in [6, 6.07) is 11.8. The van der Waals surface area contributed by atoms with Gasteiger partial charge in [-0.1, -0.05) is 29.8 Å². The van der Waals surface area contributed by atoms with E-state index in [9.17, 15) is 4.79 Å². The Labute approximate surface area is 164 Å². The summed E-state index contributed by atoms with van der Waals surface area (Å²) in [6.45, 7) is 1.64. The molecule has 1 heterocycles. The summed E-state index contributed by atoms with van der Waals surface area (Å²) in [7, 11) is 4.68. The number of fused-ring (bicyclic) bond motifs is 1. The molecule has 2 atom stereocenters. The molecular formula is C21H25ClNO4+. The first kappa shape index (κ1) is 19.5. The van der Waals surface area contributed by atoms with Gasteiger partial charge in [0.05, 0.1) is 27.9 Å². The van der Waals surface area contributed by atoms with Crippen LogP contribution in [0.4, 0.5) is 0 Å². The number of esters is 1. The van der Waals surface area contributed by atoms with E-state index in [1.54, 1.807) is 14.2 Å². The van der Waals surface area contributed by atoms with Crippen molar-refractivity contribution in [2.45, 2.75) is 25.4 Å². The first-order valence-electron chi connectivity index (χ1n) is 8.97. The van der Waals surface area contributed by atoms with Gasteiger partial charge in [-0.2, -0.15) is 0 Å². The van der Waals surface area contributed by atoms with Gasteiger partial charge in [0.25, 0.3) is 0 Å². The summed E-state index contributed by atoms with van der Waals surface area (Å²) in [6.07, 6.45) is 1.20. The van der Waals surface area contributed by atoms with E-state index in [2.05, 4.69) is 0 Å². The maximum atomic E-state index is 12.1. The van der Waals surface area contributed by atoms with E-state index >= 15 is 0 Å². The van der Waals surface area contributed by atoms with Crippen LogP contribution in [0.2, 0.25) is 5.02 Å². The average Bonchev–Trinajstić information content (AvgIpc) is 2.70. The van der Waals surface area contributed by atoms with Crippen LogP contribution in [0.1, 0.15) is 29.2 Å². The van der Waals surface area contributed by atoms with E-state index in [1.807, 2.05) is 36.4 Å². The van der Waals surface area contributed by atoms with E-state index in [-0.39, 0.29) is 12.0 Å². The van der Waals surface area contributed by atoms with Crippen molar-refractivity contribution in [1.29, 1.82) is 0 Å². The number of hydrogen-bond acceptors (Lipinski definition) is 4. The highest BCUT2D eigenvalue weighted by molar-refractivity contribution is 6.31. The van der Waals surface area contributed by atoms with E-state index in [0.29, 0.717) is 17.9 Å². The third kappa shape index (κ3) is 4.20. The lowest BCUT2D eigenvalue weighted by molar-refractivity contribution is -0.946. The topological polar surface area (TPSA) is 49.2 Å². The number of benzene rings is 2. The predicted molar refractivity (Wildman–Crippen MR) is 104 cm³/mol. The van der Waals surface area contributed by atoms with Crippen LogP contribution in [0.3, 0.4) is 0 Å². The van der Waals surface area contributed by atoms with Crippen LogP contribution in [0.15, 0.2) is 36.4 Å². The maximum Gasteiger partial charge on any atom is 0.311 e. The number of nitrogens with one attached hydrogen (secondary N) is 1. The van der Waals surface area contributed by atoms with Crippen molar-refractivity contribution >= 4 is 17.6 Å². The van der Waals surface area contributed by atoms with E-state index in [4.69, 9.17) is 25.8 Å². The zero-order chi connectivity index (χ0) is 19.4. The number of hydrogen-bond donors (Lipinski definition) is 1. The van der Waals surface area contributed by atoms with Crippen molar-refractivity contribution in [1.82, 2.24) is 0 Å². The Morgan fingerprint density at radius 1 is 1.15 bits per heavy atom. The maximum absolute atomic E-state index is 12.1. The predicted octanol–water partition coefficient (Wildman–Crippen LogP) is 2.60. The third-order valence-corrected chi connectivity index (χ3v) is 5.57. The number of ether oxygens (including phenoxy) is 3. The Morgan fingerprint density at radius 2 is 1.85 bits per heavy atom. The highest BCUT2D eigenvalue weighted by atomic mass is 35.5. The van der Waals surface area contributed by atoms with Gasteiger partial charge < -0.3 is 19.1 Å². The number of quaternary nitrogens is 1. The van der Waals surface area contributed by atoms with Crippen molar-refractivity contribution in [3.05, 3.63) is 58.1 Å². The van der Waals surface area contributed by atoms with Crippen molar-refractivity contribution < 1.29 is 23.9 Å². The third-order valence-electron chi connectivity index (χ3n) is 5.20. The number of rotatable bonds is 6. The monoisotopic (exact) mass is 390 g/mol. The lowest BCUT2D eigenvalue weighted by atomic mass is 9.89. The van der Waals surface area contributed by atoms with Gasteiger partial charge in [-0.3, -0.25) is 4.79 Å². The number of carbonyl (C=O) groups excluding carboxylic acids is 1. The van der Waals surface area contributed by atoms with Crippen LogP contribution in [0.5, 0.6) is 11.5 Å². The Balaban J connectivity index is 1.98. The first-order chi connectivity index (χ1) is 13.1. The number of methoxy groups -OCH3 is 3. The van der Waals surface area contributed by atoms with Crippen LogP contribution in [0, 0.1) is 0 Å². The highest BCUT2D eigenvalue weighted by Gasteiger charge is 2.34. The molecule has 2 aromatic carbocycles. The standard InChI is InChI=1S/C21H24ClNO4/c1-25-19-10-14-8-9-23(13-15-6-4-5-7-17(15)22)18(12-21(24)27-3)16(14)11-20(19)26-2/h4-7,10-11,18H,8-9,12-13H2,1-3H3/p+1/t18-/m0/s1. The zero-order valence-corrected chi connectivity index (χ0v) is 16.6. The molecule has 3 rings (SSSR count). The molecule has 0 fully saturated rings. The molecular weight excluding hydrogens is 366 g/mol. The fourth-order valence-electron chi connectivity index (χ4n) is 3.77. The molecule has 0 spiro atoms. The second kappa shape index (κ2) is 8.63. The SMILES string of the molecule is COC(=O)C[C@H]1c2cc(OC)c(OC)cc2CC[NH+]1Cc1ccccc1Cl. The summed E-state index contributed by atoms with van der Waals surface area (Å²) >= 11 is 6.37. The molecule has 0 saturated carbocycles. The number of halogens is 1. The summed E-state index contributed by atoms with van der Waals surface area (Å²) in [5.41, 5.74) is 3.36. The second-order valence-corrected chi connectivity index (χ2v) is 7.07. The van der Waals surface area contributed by atoms with Crippen LogP contribution in [0.25, 0.3) is 0 Å². The minimum atomic E-state index is -0.223. The Kier molecular flexibility index (Phi) is 6.24.